The van der Waals surface area contributed by atoms with E-state index in [1.165, 1.54) is 18.3 Å². The minimum atomic E-state index is -1.11. The largest absolute Gasteiger partial charge is 0.464 e. The van der Waals surface area contributed by atoms with Gasteiger partial charge in [-0.05, 0) is 24.3 Å². The summed E-state index contributed by atoms with van der Waals surface area (Å²) in [6, 6.07) is 5.67. The fraction of sp³-hybridized carbons (Fsp3) is 0. The van der Waals surface area contributed by atoms with Crippen LogP contribution in [0, 0.1) is 5.82 Å². The van der Waals surface area contributed by atoms with Crippen molar-refractivity contribution >= 4 is 17.0 Å². The lowest BCUT2D eigenvalue weighted by Gasteiger charge is -1.96. The second-order valence-electron chi connectivity index (χ2n) is 2.67. The normalized spacial score (nSPS) is 10.5. The van der Waals surface area contributed by atoms with Crippen LogP contribution in [0.25, 0.3) is 10.9 Å². The Labute approximate surface area is 73.0 Å². The Morgan fingerprint density at radius 2 is 2.15 bits per heavy atom. The van der Waals surface area contributed by atoms with Crippen molar-refractivity contribution in [1.82, 2.24) is 4.57 Å². The van der Waals surface area contributed by atoms with E-state index < -0.39 is 11.9 Å². The summed E-state index contributed by atoms with van der Waals surface area (Å²) in [5, 5.41) is 9.41. The van der Waals surface area contributed by atoms with Gasteiger partial charge in [0, 0.05) is 11.6 Å². The molecule has 0 aliphatic heterocycles. The number of hydrogen-bond donors (Lipinski definition) is 1. The topological polar surface area (TPSA) is 42.2 Å². The van der Waals surface area contributed by atoms with Crippen LogP contribution in [0.1, 0.15) is 0 Å². The molecular weight excluding hydrogens is 173 g/mol. The van der Waals surface area contributed by atoms with Gasteiger partial charge in [-0.1, -0.05) is 0 Å². The first-order chi connectivity index (χ1) is 6.18. The molecule has 0 saturated heterocycles. The maximum Gasteiger partial charge on any atom is 0.416 e. The molecule has 0 aliphatic carbocycles. The van der Waals surface area contributed by atoms with E-state index >= 15 is 0 Å². The van der Waals surface area contributed by atoms with Crippen LogP contribution in [0.15, 0.2) is 30.5 Å². The number of aromatic nitrogens is 1. The molecule has 0 atom stereocenters. The van der Waals surface area contributed by atoms with E-state index in [1.807, 2.05) is 0 Å². The van der Waals surface area contributed by atoms with E-state index in [0.717, 1.165) is 4.57 Å². The molecule has 0 amide bonds. The number of benzene rings is 1. The fourth-order valence-corrected chi connectivity index (χ4v) is 1.27. The minimum absolute atomic E-state index is 0.368. The fourth-order valence-electron chi connectivity index (χ4n) is 1.27. The predicted molar refractivity (Wildman–Crippen MR) is 45.3 cm³/mol. The first-order valence-corrected chi connectivity index (χ1v) is 3.68. The molecule has 4 heteroatoms. The number of carbonyl (C=O) groups is 1. The molecule has 1 aromatic heterocycles. The third-order valence-electron chi connectivity index (χ3n) is 1.86. The molecule has 1 N–H and O–H groups in total. The first-order valence-electron chi connectivity index (χ1n) is 3.68. The van der Waals surface area contributed by atoms with Crippen molar-refractivity contribution < 1.29 is 14.3 Å². The average Bonchev–Trinajstić information content (AvgIpc) is 2.46. The number of nitrogens with zero attached hydrogens (tertiary/aromatic N) is 1. The molecule has 0 radical (unpaired) electrons. The zero-order chi connectivity index (χ0) is 9.42. The highest BCUT2D eigenvalue weighted by Crippen LogP contribution is 2.16. The second-order valence-corrected chi connectivity index (χ2v) is 2.67. The summed E-state index contributed by atoms with van der Waals surface area (Å²) in [5.41, 5.74) is 0.368. The summed E-state index contributed by atoms with van der Waals surface area (Å²) >= 11 is 0. The van der Waals surface area contributed by atoms with Gasteiger partial charge in [0.1, 0.15) is 5.82 Å². The Hall–Kier alpha value is -1.84. The Kier molecular flexibility index (Phi) is 1.55. The van der Waals surface area contributed by atoms with Gasteiger partial charge in [0.25, 0.3) is 0 Å². The Bertz CT molecular complexity index is 475. The van der Waals surface area contributed by atoms with Crippen LogP contribution in [0.3, 0.4) is 0 Å². The van der Waals surface area contributed by atoms with Crippen LogP contribution in [-0.4, -0.2) is 15.8 Å². The van der Waals surface area contributed by atoms with Gasteiger partial charge in [-0.15, -0.1) is 0 Å². The van der Waals surface area contributed by atoms with E-state index in [-0.39, 0.29) is 0 Å². The SMILES string of the molecule is O=C(O)n1ccc2ccc(F)cc21. The average molecular weight is 179 g/mol. The van der Waals surface area contributed by atoms with Crippen molar-refractivity contribution in [2.45, 2.75) is 0 Å². The minimum Gasteiger partial charge on any atom is -0.464 e. The van der Waals surface area contributed by atoms with Crippen LogP contribution in [0.5, 0.6) is 0 Å². The van der Waals surface area contributed by atoms with Crippen molar-refractivity contribution in [2.24, 2.45) is 0 Å². The number of carboxylic acid groups (broad SMARTS) is 1. The lowest BCUT2D eigenvalue weighted by molar-refractivity contribution is 0.197. The van der Waals surface area contributed by atoms with Crippen LogP contribution < -0.4 is 0 Å². The van der Waals surface area contributed by atoms with E-state index in [2.05, 4.69) is 0 Å². The summed E-state index contributed by atoms with van der Waals surface area (Å²) < 4.78 is 13.7. The summed E-state index contributed by atoms with van der Waals surface area (Å²) in [4.78, 5) is 10.6. The van der Waals surface area contributed by atoms with Gasteiger partial charge in [0.2, 0.25) is 0 Å². The molecule has 0 saturated carbocycles. The molecule has 2 rings (SSSR count). The lowest BCUT2D eigenvalue weighted by Crippen LogP contribution is -2.05. The van der Waals surface area contributed by atoms with Gasteiger partial charge in [-0.3, -0.25) is 4.57 Å². The zero-order valence-corrected chi connectivity index (χ0v) is 6.57. The van der Waals surface area contributed by atoms with Crippen LogP contribution in [0.2, 0.25) is 0 Å². The lowest BCUT2D eigenvalue weighted by atomic mass is 10.2. The first kappa shape index (κ1) is 7.79. The highest BCUT2D eigenvalue weighted by molar-refractivity contribution is 5.88. The summed E-state index contributed by atoms with van der Waals surface area (Å²) in [5.74, 6) is -0.436. The Morgan fingerprint density at radius 3 is 2.85 bits per heavy atom. The third-order valence-corrected chi connectivity index (χ3v) is 1.86. The predicted octanol–water partition coefficient (Wildman–Crippen LogP) is 2.31. The zero-order valence-electron chi connectivity index (χ0n) is 6.57. The molecule has 1 heterocycles. The summed E-state index contributed by atoms with van der Waals surface area (Å²) in [6.07, 6.45) is 0.285. The van der Waals surface area contributed by atoms with Crippen LogP contribution >= 0.6 is 0 Å². The Morgan fingerprint density at radius 1 is 1.38 bits per heavy atom. The van der Waals surface area contributed by atoms with Crippen molar-refractivity contribution in [3.8, 4) is 0 Å². The van der Waals surface area contributed by atoms with E-state index in [0.29, 0.717) is 10.9 Å². The Balaban J connectivity index is 2.79. The molecule has 0 bridgehead atoms. The summed E-state index contributed by atoms with van der Waals surface area (Å²) in [7, 11) is 0. The maximum atomic E-state index is 12.8. The standard InChI is InChI=1S/C9H6FNO2/c10-7-2-1-6-3-4-11(9(12)13)8(6)5-7/h1-5H,(H,12,13). The van der Waals surface area contributed by atoms with E-state index in [9.17, 15) is 9.18 Å². The molecule has 0 fully saturated rings. The number of halogens is 1. The van der Waals surface area contributed by atoms with Crippen molar-refractivity contribution in [3.05, 3.63) is 36.3 Å². The van der Waals surface area contributed by atoms with E-state index in [1.54, 1.807) is 12.1 Å². The van der Waals surface area contributed by atoms with Gasteiger partial charge in [-0.2, -0.15) is 0 Å². The maximum absolute atomic E-state index is 12.8. The monoisotopic (exact) mass is 179 g/mol. The molecule has 13 heavy (non-hydrogen) atoms. The molecule has 2 aromatic rings. The van der Waals surface area contributed by atoms with Crippen molar-refractivity contribution in [1.29, 1.82) is 0 Å². The molecular formula is C9H6FNO2. The van der Waals surface area contributed by atoms with Gasteiger partial charge in [0.15, 0.2) is 0 Å². The number of rotatable bonds is 0. The second kappa shape index (κ2) is 2.58. The molecule has 0 aliphatic rings. The molecule has 1 aromatic carbocycles. The smallest absolute Gasteiger partial charge is 0.416 e. The van der Waals surface area contributed by atoms with Gasteiger partial charge < -0.3 is 5.11 Å². The molecule has 66 valence electrons. The van der Waals surface area contributed by atoms with Gasteiger partial charge in [-0.25, -0.2) is 9.18 Å². The third kappa shape index (κ3) is 1.16. The van der Waals surface area contributed by atoms with Crippen molar-refractivity contribution in [3.63, 3.8) is 0 Å². The van der Waals surface area contributed by atoms with Crippen LogP contribution in [0.4, 0.5) is 9.18 Å². The van der Waals surface area contributed by atoms with Gasteiger partial charge >= 0.3 is 6.09 Å². The number of fused-ring (bicyclic) bond motifs is 1. The van der Waals surface area contributed by atoms with Gasteiger partial charge in [0.05, 0.1) is 5.52 Å². The quantitative estimate of drug-likeness (QED) is 0.674. The molecule has 0 spiro atoms. The summed E-state index contributed by atoms with van der Waals surface area (Å²) in [6.45, 7) is 0. The van der Waals surface area contributed by atoms with E-state index in [4.69, 9.17) is 5.11 Å². The van der Waals surface area contributed by atoms with Crippen molar-refractivity contribution in [2.75, 3.05) is 0 Å². The number of hydrogen-bond acceptors (Lipinski definition) is 1. The molecule has 3 nitrogen and oxygen atoms in total. The highest BCUT2D eigenvalue weighted by Gasteiger charge is 2.06. The molecule has 0 unspecified atom stereocenters. The van der Waals surface area contributed by atoms with Crippen LogP contribution in [-0.2, 0) is 0 Å². The highest BCUT2D eigenvalue weighted by atomic mass is 19.1.